The Morgan fingerprint density at radius 1 is 1.05 bits per heavy atom. The summed E-state index contributed by atoms with van der Waals surface area (Å²) in [5, 5.41) is 0. The van der Waals surface area contributed by atoms with E-state index < -0.39 is 8.32 Å². The Kier molecular flexibility index (Phi) is 10.8. The molecule has 2 saturated heterocycles. The van der Waals surface area contributed by atoms with Gasteiger partial charge in [0.1, 0.15) is 12.7 Å². The molecule has 1 saturated carbocycles. The van der Waals surface area contributed by atoms with Gasteiger partial charge < -0.3 is 18.8 Å². The van der Waals surface area contributed by atoms with Gasteiger partial charge in [0.2, 0.25) is 0 Å². The van der Waals surface area contributed by atoms with Gasteiger partial charge in [-0.25, -0.2) is 4.79 Å². The minimum atomic E-state index is -1.89. The lowest BCUT2D eigenvalue weighted by molar-refractivity contribution is -0.146. The molecule has 41 heavy (non-hydrogen) atoms. The maximum Gasteiger partial charge on any atom is 0.410 e. The van der Waals surface area contributed by atoms with E-state index in [9.17, 15) is 9.59 Å². The van der Waals surface area contributed by atoms with Gasteiger partial charge in [-0.3, -0.25) is 4.79 Å². The first-order chi connectivity index (χ1) is 19.6. The number of carbonyl (C=O) groups is 2. The number of fused-ring (bicyclic) bond motifs is 3. The third-order valence-electron chi connectivity index (χ3n) is 10.4. The first-order valence-electron chi connectivity index (χ1n) is 16.0. The highest BCUT2D eigenvalue weighted by Crippen LogP contribution is 2.53. The van der Waals surface area contributed by atoms with Crippen molar-refractivity contribution in [3.05, 3.63) is 48.6 Å². The fourth-order valence-corrected chi connectivity index (χ4v) is 14.4. The summed E-state index contributed by atoms with van der Waals surface area (Å²) >= 11 is 0. The predicted molar refractivity (Wildman–Crippen MR) is 166 cm³/mol. The van der Waals surface area contributed by atoms with Crippen molar-refractivity contribution in [3.8, 4) is 0 Å². The van der Waals surface area contributed by atoms with Gasteiger partial charge in [-0.1, -0.05) is 84.4 Å². The van der Waals surface area contributed by atoms with Gasteiger partial charge >= 0.3 is 12.1 Å². The van der Waals surface area contributed by atoms with E-state index in [1.54, 1.807) is 0 Å². The zero-order valence-electron chi connectivity index (χ0n) is 26.2. The molecule has 3 fully saturated rings. The van der Waals surface area contributed by atoms with E-state index in [2.05, 4.69) is 48.1 Å². The number of nitrogens with zero attached hydrogens (tertiary/aromatic N) is 1. The van der Waals surface area contributed by atoms with E-state index in [0.717, 1.165) is 44.3 Å². The molecule has 1 aliphatic carbocycles. The molecule has 1 aromatic carbocycles. The second-order valence-electron chi connectivity index (χ2n) is 13.5. The summed E-state index contributed by atoms with van der Waals surface area (Å²) in [7, 11) is -1.89. The molecule has 0 N–H and O–H groups in total. The molecular weight excluding hydrogens is 530 g/mol. The monoisotopic (exact) mass is 583 g/mol. The van der Waals surface area contributed by atoms with Crippen molar-refractivity contribution in [1.29, 1.82) is 0 Å². The van der Waals surface area contributed by atoms with E-state index in [-0.39, 0.29) is 54.5 Å². The molecule has 6 atom stereocenters. The quantitative estimate of drug-likeness (QED) is 0.102. The lowest BCUT2D eigenvalue weighted by Gasteiger charge is -2.48. The molecule has 2 aliphatic heterocycles. The van der Waals surface area contributed by atoms with Crippen LogP contribution in [0.25, 0.3) is 0 Å². The smallest absolute Gasteiger partial charge is 0.410 e. The number of benzene rings is 1. The summed E-state index contributed by atoms with van der Waals surface area (Å²) in [5.41, 5.74) is 2.70. The van der Waals surface area contributed by atoms with E-state index in [0.29, 0.717) is 29.6 Å². The molecule has 0 aromatic heterocycles. The van der Waals surface area contributed by atoms with Crippen LogP contribution in [-0.4, -0.2) is 50.6 Å². The number of hydrogen-bond acceptors (Lipinski definition) is 5. The molecule has 0 bridgehead atoms. The Bertz CT molecular complexity index is 1010. The van der Waals surface area contributed by atoms with Crippen molar-refractivity contribution in [1.82, 2.24) is 4.90 Å². The number of likely N-dealkylation sites (tertiary alicyclic amines) is 1. The van der Waals surface area contributed by atoms with Crippen molar-refractivity contribution >= 4 is 20.4 Å². The van der Waals surface area contributed by atoms with Gasteiger partial charge in [0.25, 0.3) is 0 Å². The van der Waals surface area contributed by atoms with E-state index in [4.69, 9.17) is 13.9 Å². The van der Waals surface area contributed by atoms with Gasteiger partial charge in [-0.2, -0.15) is 0 Å². The fourth-order valence-electron chi connectivity index (χ4n) is 8.88. The number of ether oxygens (including phenoxy) is 2. The highest BCUT2D eigenvalue weighted by atomic mass is 28.4. The van der Waals surface area contributed by atoms with Crippen LogP contribution in [0.4, 0.5) is 4.79 Å². The second-order valence-corrected chi connectivity index (χ2v) is 19.0. The van der Waals surface area contributed by atoms with Crippen LogP contribution in [0.2, 0.25) is 16.6 Å². The molecule has 0 radical (unpaired) electrons. The first-order valence-corrected chi connectivity index (χ1v) is 18.2. The largest absolute Gasteiger partial charge is 0.462 e. The number of esters is 1. The van der Waals surface area contributed by atoms with Crippen LogP contribution < -0.4 is 0 Å². The zero-order valence-corrected chi connectivity index (χ0v) is 27.2. The van der Waals surface area contributed by atoms with Gasteiger partial charge in [0.15, 0.2) is 8.32 Å². The third kappa shape index (κ3) is 6.61. The van der Waals surface area contributed by atoms with Crippen molar-refractivity contribution in [2.24, 2.45) is 23.7 Å². The summed E-state index contributed by atoms with van der Waals surface area (Å²) in [4.78, 5) is 28.0. The minimum Gasteiger partial charge on any atom is -0.462 e. The van der Waals surface area contributed by atoms with Crippen molar-refractivity contribution < 1.29 is 23.5 Å². The average molecular weight is 584 g/mol. The van der Waals surface area contributed by atoms with Crippen LogP contribution in [0.15, 0.2) is 43.0 Å². The summed E-state index contributed by atoms with van der Waals surface area (Å²) < 4.78 is 18.7. The summed E-state index contributed by atoms with van der Waals surface area (Å²) in [6, 6.07) is 9.91. The van der Waals surface area contributed by atoms with Gasteiger partial charge in [0, 0.05) is 31.0 Å². The Morgan fingerprint density at radius 3 is 2.37 bits per heavy atom. The number of unbranched alkanes of at least 4 members (excludes halogenated alkanes) is 1. The molecule has 6 nitrogen and oxygen atoms in total. The molecular formula is C34H53NO5Si. The summed E-state index contributed by atoms with van der Waals surface area (Å²) in [6.45, 7) is 19.8. The molecule has 2 heterocycles. The van der Waals surface area contributed by atoms with Crippen LogP contribution in [0.5, 0.6) is 0 Å². The van der Waals surface area contributed by atoms with Gasteiger partial charge in [0.05, 0.1) is 6.42 Å². The molecule has 7 heteroatoms. The highest BCUT2D eigenvalue weighted by molar-refractivity contribution is 6.77. The topological polar surface area (TPSA) is 65.1 Å². The van der Waals surface area contributed by atoms with Crippen LogP contribution in [-0.2, 0) is 25.3 Å². The standard InChI is InChI=1S/C34H53NO5Si/c1-8-14-29-27(17-12-13-20-39-41(23(2)3,24(4)5)25(6)7)32-28(30-21-31(36)40-33(29)30)18-19-35(32)34(37)38-22-26-15-10-9-11-16-26/h8-11,15-16,23-25,27-30,32-33H,1,12-14,17-22H2,2-7H3/t27-,28-,29-,30-,32-,33+/m1/s1. The number of allylic oxidation sites excluding steroid dienone is 1. The van der Waals surface area contributed by atoms with E-state index in [1.807, 2.05) is 41.3 Å². The first kappa shape index (κ1) is 31.8. The maximum atomic E-state index is 13.5. The SMILES string of the molecule is C=CC[C@@H]1[C@@H](CCCCO[Si](C(C)C)(C(C)C)C(C)C)[C@@H]2[C@H](CCN2C(=O)OCc2ccccc2)[C@H]2CC(=O)O[C@@H]12. The second kappa shape index (κ2) is 13.9. The molecule has 3 aliphatic rings. The van der Waals surface area contributed by atoms with E-state index in [1.165, 1.54) is 0 Å². The lowest BCUT2D eigenvalue weighted by Crippen LogP contribution is -2.54. The Labute approximate surface area is 249 Å². The van der Waals surface area contributed by atoms with Crippen molar-refractivity contribution in [2.75, 3.05) is 13.2 Å². The lowest BCUT2D eigenvalue weighted by atomic mass is 9.61. The zero-order chi connectivity index (χ0) is 29.7. The number of amides is 1. The van der Waals surface area contributed by atoms with Gasteiger partial charge in [-0.05, 0) is 59.7 Å². The Hall–Kier alpha value is -2.12. The van der Waals surface area contributed by atoms with Crippen LogP contribution in [0, 0.1) is 23.7 Å². The Balaban J connectivity index is 1.48. The van der Waals surface area contributed by atoms with Crippen molar-refractivity contribution in [3.63, 3.8) is 0 Å². The van der Waals surface area contributed by atoms with Crippen LogP contribution in [0.1, 0.15) is 85.6 Å². The molecule has 1 amide bonds. The average Bonchev–Trinajstić information content (AvgIpc) is 3.54. The fraction of sp³-hybridized carbons (Fsp3) is 0.706. The van der Waals surface area contributed by atoms with E-state index >= 15 is 0 Å². The maximum absolute atomic E-state index is 13.5. The summed E-state index contributed by atoms with van der Waals surface area (Å²) in [5.74, 6) is 0.743. The molecule has 228 valence electrons. The third-order valence-corrected chi connectivity index (χ3v) is 16.5. The Morgan fingerprint density at radius 2 is 1.73 bits per heavy atom. The van der Waals surface area contributed by atoms with Crippen molar-refractivity contribution in [2.45, 2.75) is 115 Å². The highest BCUT2D eigenvalue weighted by Gasteiger charge is 2.59. The molecule has 0 unspecified atom stereocenters. The molecule has 0 spiro atoms. The summed E-state index contributed by atoms with van der Waals surface area (Å²) in [6.07, 6.45) is 6.80. The molecule has 4 rings (SSSR count). The van der Waals surface area contributed by atoms with Gasteiger partial charge in [-0.15, -0.1) is 6.58 Å². The van der Waals surface area contributed by atoms with Crippen LogP contribution in [0.3, 0.4) is 0 Å². The number of carbonyl (C=O) groups excluding carboxylic acids is 2. The molecule has 1 aromatic rings. The predicted octanol–water partition coefficient (Wildman–Crippen LogP) is 8.13. The van der Waals surface area contributed by atoms with Crippen LogP contribution >= 0.6 is 0 Å². The minimum absolute atomic E-state index is 0.0651. The normalized spacial score (nSPS) is 27.7. The number of rotatable bonds is 13. The number of hydrogen-bond donors (Lipinski definition) is 0.